The number of hydrogen-bond acceptors (Lipinski definition) is 3. The lowest BCUT2D eigenvalue weighted by atomic mass is 10.1. The van der Waals surface area contributed by atoms with E-state index in [1.54, 1.807) is 7.11 Å². The van der Waals surface area contributed by atoms with Crippen LogP contribution in [0.3, 0.4) is 0 Å². The summed E-state index contributed by atoms with van der Waals surface area (Å²) in [4.78, 5) is 11.4. The smallest absolute Gasteiger partial charge is 0.234 e. The second-order valence-corrected chi connectivity index (χ2v) is 3.68. The van der Waals surface area contributed by atoms with E-state index in [9.17, 15) is 4.79 Å². The van der Waals surface area contributed by atoms with Gasteiger partial charge in [-0.15, -0.1) is 6.42 Å². The van der Waals surface area contributed by atoms with Crippen LogP contribution < -0.4 is 10.6 Å². The first kappa shape index (κ1) is 13.9. The van der Waals surface area contributed by atoms with Crippen LogP contribution in [-0.4, -0.2) is 38.8 Å². The second-order valence-electron chi connectivity index (χ2n) is 3.68. The SMILES string of the molecule is C#CCNCC(=O)NC(COC)C(C)C. The molecule has 0 aromatic rings. The molecular formula is C11H20N2O2. The Morgan fingerprint density at radius 1 is 1.53 bits per heavy atom. The second kappa shape index (κ2) is 8.27. The first-order valence-corrected chi connectivity index (χ1v) is 5.04. The maximum Gasteiger partial charge on any atom is 0.234 e. The largest absolute Gasteiger partial charge is 0.383 e. The third-order valence-corrected chi connectivity index (χ3v) is 2.01. The number of ether oxygens (including phenoxy) is 1. The molecule has 15 heavy (non-hydrogen) atoms. The Bertz CT molecular complexity index is 221. The predicted octanol–water partition coefficient (Wildman–Crippen LogP) is -0.00360. The van der Waals surface area contributed by atoms with Crippen molar-refractivity contribution >= 4 is 5.91 Å². The standard InChI is InChI=1S/C11H20N2O2/c1-5-6-12-7-11(14)13-10(8-15-4)9(2)3/h1,9-10,12H,6-8H2,2-4H3,(H,13,14). The molecule has 0 bridgehead atoms. The number of hydrogen-bond donors (Lipinski definition) is 2. The van der Waals surface area contributed by atoms with Gasteiger partial charge in [0.25, 0.3) is 0 Å². The molecule has 0 saturated carbocycles. The van der Waals surface area contributed by atoms with Crippen LogP contribution in [0.5, 0.6) is 0 Å². The average molecular weight is 212 g/mol. The van der Waals surface area contributed by atoms with Crippen molar-refractivity contribution in [2.75, 3.05) is 26.8 Å². The van der Waals surface area contributed by atoms with Crippen molar-refractivity contribution in [2.45, 2.75) is 19.9 Å². The van der Waals surface area contributed by atoms with Crippen molar-refractivity contribution in [2.24, 2.45) is 5.92 Å². The van der Waals surface area contributed by atoms with E-state index in [1.165, 1.54) is 0 Å². The molecule has 0 aromatic carbocycles. The van der Waals surface area contributed by atoms with Gasteiger partial charge in [0.2, 0.25) is 5.91 Å². The van der Waals surface area contributed by atoms with E-state index in [0.29, 0.717) is 19.1 Å². The molecule has 4 nitrogen and oxygen atoms in total. The lowest BCUT2D eigenvalue weighted by molar-refractivity contribution is -0.121. The number of carbonyl (C=O) groups is 1. The van der Waals surface area contributed by atoms with Gasteiger partial charge in [0.1, 0.15) is 0 Å². The van der Waals surface area contributed by atoms with Crippen LogP contribution >= 0.6 is 0 Å². The number of nitrogens with one attached hydrogen (secondary N) is 2. The molecule has 0 aliphatic heterocycles. The van der Waals surface area contributed by atoms with Crippen molar-refractivity contribution < 1.29 is 9.53 Å². The summed E-state index contributed by atoms with van der Waals surface area (Å²) in [6.07, 6.45) is 5.05. The van der Waals surface area contributed by atoms with E-state index in [2.05, 4.69) is 16.6 Å². The number of carbonyl (C=O) groups excluding carboxylic acids is 1. The Morgan fingerprint density at radius 3 is 2.67 bits per heavy atom. The molecule has 4 heteroatoms. The topological polar surface area (TPSA) is 50.4 Å². The van der Waals surface area contributed by atoms with Crippen molar-refractivity contribution in [3.05, 3.63) is 0 Å². The zero-order valence-electron chi connectivity index (χ0n) is 9.67. The summed E-state index contributed by atoms with van der Waals surface area (Å²) in [7, 11) is 1.62. The molecule has 0 heterocycles. The van der Waals surface area contributed by atoms with Gasteiger partial charge in [-0.25, -0.2) is 0 Å². The van der Waals surface area contributed by atoms with Gasteiger partial charge < -0.3 is 10.1 Å². The molecule has 1 atom stereocenters. The first-order chi connectivity index (χ1) is 7.11. The highest BCUT2D eigenvalue weighted by Crippen LogP contribution is 2.01. The Kier molecular flexibility index (Phi) is 7.69. The number of rotatable bonds is 7. The first-order valence-electron chi connectivity index (χ1n) is 5.04. The Morgan fingerprint density at radius 2 is 2.20 bits per heavy atom. The van der Waals surface area contributed by atoms with Crippen LogP contribution in [0.1, 0.15) is 13.8 Å². The van der Waals surface area contributed by atoms with E-state index in [-0.39, 0.29) is 18.5 Å². The normalized spacial score (nSPS) is 12.2. The summed E-state index contributed by atoms with van der Waals surface area (Å²) in [6.45, 7) is 5.26. The van der Waals surface area contributed by atoms with E-state index < -0.39 is 0 Å². The third kappa shape index (κ3) is 6.95. The molecule has 0 spiro atoms. The molecule has 0 rings (SSSR count). The van der Waals surface area contributed by atoms with Crippen molar-refractivity contribution in [3.63, 3.8) is 0 Å². The van der Waals surface area contributed by atoms with Gasteiger partial charge in [-0.2, -0.15) is 0 Å². The van der Waals surface area contributed by atoms with Crippen LogP contribution in [0.15, 0.2) is 0 Å². The quantitative estimate of drug-likeness (QED) is 0.461. The maximum atomic E-state index is 11.4. The fourth-order valence-corrected chi connectivity index (χ4v) is 1.09. The van der Waals surface area contributed by atoms with Crippen LogP contribution in [0.25, 0.3) is 0 Å². The van der Waals surface area contributed by atoms with E-state index in [0.717, 1.165) is 0 Å². The minimum absolute atomic E-state index is 0.0511. The zero-order chi connectivity index (χ0) is 11.7. The fourth-order valence-electron chi connectivity index (χ4n) is 1.09. The van der Waals surface area contributed by atoms with Gasteiger partial charge in [0.05, 0.1) is 25.7 Å². The number of terminal acetylenes is 1. The van der Waals surface area contributed by atoms with Crippen LogP contribution in [0.2, 0.25) is 0 Å². The molecular weight excluding hydrogens is 192 g/mol. The van der Waals surface area contributed by atoms with Crippen molar-refractivity contribution in [1.82, 2.24) is 10.6 Å². The van der Waals surface area contributed by atoms with Gasteiger partial charge >= 0.3 is 0 Å². The number of methoxy groups -OCH3 is 1. The fraction of sp³-hybridized carbons (Fsp3) is 0.727. The Balaban J connectivity index is 3.85. The summed E-state index contributed by atoms with van der Waals surface area (Å²) in [5.41, 5.74) is 0. The molecule has 86 valence electrons. The van der Waals surface area contributed by atoms with Gasteiger partial charge in [0, 0.05) is 7.11 Å². The van der Waals surface area contributed by atoms with Crippen molar-refractivity contribution in [1.29, 1.82) is 0 Å². The van der Waals surface area contributed by atoms with E-state index >= 15 is 0 Å². The van der Waals surface area contributed by atoms with Gasteiger partial charge in [-0.1, -0.05) is 19.8 Å². The molecule has 2 N–H and O–H groups in total. The minimum atomic E-state index is -0.0546. The highest BCUT2D eigenvalue weighted by Gasteiger charge is 2.15. The van der Waals surface area contributed by atoms with Crippen LogP contribution in [-0.2, 0) is 9.53 Å². The minimum Gasteiger partial charge on any atom is -0.383 e. The molecule has 1 unspecified atom stereocenters. The summed E-state index contributed by atoms with van der Waals surface area (Å²) in [5, 5.41) is 5.71. The molecule has 1 amide bonds. The monoisotopic (exact) mass is 212 g/mol. The Labute approximate surface area is 91.8 Å². The lowest BCUT2D eigenvalue weighted by Gasteiger charge is -2.21. The summed E-state index contributed by atoms with van der Waals surface area (Å²) in [5.74, 6) is 2.70. The molecule has 0 radical (unpaired) electrons. The van der Waals surface area contributed by atoms with Gasteiger partial charge in [-0.05, 0) is 5.92 Å². The number of amides is 1. The van der Waals surface area contributed by atoms with Crippen LogP contribution in [0.4, 0.5) is 0 Å². The molecule has 0 saturated heterocycles. The highest BCUT2D eigenvalue weighted by atomic mass is 16.5. The predicted molar refractivity (Wildman–Crippen MR) is 60.3 cm³/mol. The van der Waals surface area contributed by atoms with Crippen LogP contribution in [0, 0.1) is 18.3 Å². The van der Waals surface area contributed by atoms with Gasteiger partial charge in [-0.3, -0.25) is 10.1 Å². The third-order valence-electron chi connectivity index (χ3n) is 2.01. The zero-order valence-corrected chi connectivity index (χ0v) is 9.67. The molecule has 0 aliphatic carbocycles. The lowest BCUT2D eigenvalue weighted by Crippen LogP contribution is -2.45. The highest BCUT2D eigenvalue weighted by molar-refractivity contribution is 5.78. The van der Waals surface area contributed by atoms with Gasteiger partial charge in [0.15, 0.2) is 0 Å². The van der Waals surface area contributed by atoms with E-state index in [4.69, 9.17) is 11.2 Å². The summed E-state index contributed by atoms with van der Waals surface area (Å²) in [6, 6.07) is 0.0511. The molecule has 0 aromatic heterocycles. The summed E-state index contributed by atoms with van der Waals surface area (Å²) < 4.78 is 5.02. The Hall–Kier alpha value is -1.05. The molecule has 0 fully saturated rings. The molecule has 0 aliphatic rings. The maximum absolute atomic E-state index is 11.4. The van der Waals surface area contributed by atoms with E-state index in [1.807, 2.05) is 13.8 Å². The average Bonchev–Trinajstić information content (AvgIpc) is 2.17. The van der Waals surface area contributed by atoms with Crippen molar-refractivity contribution in [3.8, 4) is 12.3 Å². The summed E-state index contributed by atoms with van der Waals surface area (Å²) >= 11 is 0.